The van der Waals surface area contributed by atoms with Gasteiger partial charge in [-0.25, -0.2) is 4.79 Å². The van der Waals surface area contributed by atoms with Crippen molar-refractivity contribution in [2.45, 2.75) is 38.5 Å². The van der Waals surface area contributed by atoms with Crippen LogP contribution < -0.4 is 16.0 Å². The Hall–Kier alpha value is -4.06. The van der Waals surface area contributed by atoms with Crippen molar-refractivity contribution in [3.63, 3.8) is 0 Å². The van der Waals surface area contributed by atoms with Gasteiger partial charge in [-0.05, 0) is 71.9 Å². The van der Waals surface area contributed by atoms with Crippen molar-refractivity contribution < 1.29 is 14.7 Å². The Morgan fingerprint density at radius 3 is 2.35 bits per heavy atom. The topological polar surface area (TPSA) is 90.5 Å². The highest BCUT2D eigenvalue weighted by atomic mass is 16.4. The van der Waals surface area contributed by atoms with Crippen LogP contribution in [0.4, 0.5) is 17.1 Å². The number of benzene rings is 3. The maximum absolute atomic E-state index is 13.7. The molecule has 1 saturated carbocycles. The third-order valence-electron chi connectivity index (χ3n) is 7.46. The molecule has 190 valence electrons. The SMILES string of the molecule is O=C(O)/C=C/c1cccc(NC(=O)C2(Cc3ccc(-c4ccc5c(c4)NCCN5)cc3)CCCCC2)c1. The van der Waals surface area contributed by atoms with Gasteiger partial charge in [-0.3, -0.25) is 4.79 Å². The molecule has 0 unspecified atom stereocenters. The van der Waals surface area contributed by atoms with E-state index in [-0.39, 0.29) is 5.91 Å². The first kappa shape index (κ1) is 24.6. The molecule has 5 rings (SSSR count). The van der Waals surface area contributed by atoms with Gasteiger partial charge in [0.05, 0.1) is 16.8 Å². The lowest BCUT2D eigenvalue weighted by molar-refractivity contribution is -0.131. The first-order chi connectivity index (χ1) is 18.0. The normalized spacial score (nSPS) is 16.3. The van der Waals surface area contributed by atoms with Crippen LogP contribution in [0.2, 0.25) is 0 Å². The Bertz CT molecular complexity index is 1310. The average molecular weight is 496 g/mol. The fraction of sp³-hybridized carbons (Fsp3) is 0.290. The second-order valence-electron chi connectivity index (χ2n) is 10.1. The number of rotatable bonds is 7. The van der Waals surface area contributed by atoms with Crippen LogP contribution in [0.1, 0.15) is 43.2 Å². The molecule has 3 aromatic rings. The second kappa shape index (κ2) is 10.9. The fourth-order valence-electron chi connectivity index (χ4n) is 5.49. The summed E-state index contributed by atoms with van der Waals surface area (Å²) in [5.41, 5.74) is 6.74. The van der Waals surface area contributed by atoms with Gasteiger partial charge in [0.25, 0.3) is 0 Å². The van der Waals surface area contributed by atoms with Gasteiger partial charge < -0.3 is 21.1 Å². The number of carboxylic acids is 1. The molecule has 6 heteroatoms. The van der Waals surface area contributed by atoms with E-state index in [4.69, 9.17) is 5.11 Å². The highest BCUT2D eigenvalue weighted by Crippen LogP contribution is 2.41. The van der Waals surface area contributed by atoms with Gasteiger partial charge in [0.15, 0.2) is 0 Å². The Morgan fingerprint density at radius 2 is 1.59 bits per heavy atom. The number of fused-ring (bicyclic) bond motifs is 1. The second-order valence-corrected chi connectivity index (χ2v) is 10.1. The van der Waals surface area contributed by atoms with Gasteiger partial charge >= 0.3 is 5.97 Å². The van der Waals surface area contributed by atoms with Crippen LogP contribution in [0.3, 0.4) is 0 Å². The smallest absolute Gasteiger partial charge is 0.328 e. The van der Waals surface area contributed by atoms with Gasteiger partial charge in [-0.1, -0.05) is 61.7 Å². The first-order valence-electron chi connectivity index (χ1n) is 13.0. The highest BCUT2D eigenvalue weighted by molar-refractivity contribution is 5.96. The summed E-state index contributed by atoms with van der Waals surface area (Å²) in [4.78, 5) is 24.5. The van der Waals surface area contributed by atoms with Crippen molar-refractivity contribution >= 4 is 35.0 Å². The average Bonchev–Trinajstić information content (AvgIpc) is 2.93. The minimum Gasteiger partial charge on any atom is -0.478 e. The molecule has 0 radical (unpaired) electrons. The maximum atomic E-state index is 13.7. The molecule has 0 atom stereocenters. The van der Waals surface area contributed by atoms with Crippen LogP contribution in [0, 0.1) is 5.41 Å². The third kappa shape index (κ3) is 5.85. The van der Waals surface area contributed by atoms with Gasteiger partial charge in [-0.15, -0.1) is 0 Å². The lowest BCUT2D eigenvalue weighted by atomic mass is 9.69. The van der Waals surface area contributed by atoms with Crippen molar-refractivity contribution in [1.82, 2.24) is 0 Å². The molecular formula is C31H33N3O3. The lowest BCUT2D eigenvalue weighted by Crippen LogP contribution is -2.40. The summed E-state index contributed by atoms with van der Waals surface area (Å²) in [6, 6.07) is 22.4. The summed E-state index contributed by atoms with van der Waals surface area (Å²) >= 11 is 0. The number of aliphatic carboxylic acids is 1. The number of hydrogen-bond acceptors (Lipinski definition) is 4. The molecule has 1 aliphatic heterocycles. The summed E-state index contributed by atoms with van der Waals surface area (Å²) in [6.45, 7) is 1.85. The molecule has 6 nitrogen and oxygen atoms in total. The van der Waals surface area contributed by atoms with E-state index in [2.05, 4.69) is 58.4 Å². The predicted molar refractivity (Wildman–Crippen MR) is 150 cm³/mol. The van der Waals surface area contributed by atoms with Crippen molar-refractivity contribution in [2.75, 3.05) is 29.0 Å². The van der Waals surface area contributed by atoms with Crippen LogP contribution in [0.15, 0.2) is 72.8 Å². The molecular weight excluding hydrogens is 462 g/mol. The minimum absolute atomic E-state index is 0.0453. The summed E-state index contributed by atoms with van der Waals surface area (Å²) in [6.07, 6.45) is 8.31. The molecule has 37 heavy (non-hydrogen) atoms. The molecule has 4 N–H and O–H groups in total. The van der Waals surface area contributed by atoms with Crippen molar-refractivity contribution in [1.29, 1.82) is 0 Å². The number of anilines is 3. The number of carbonyl (C=O) groups excluding carboxylic acids is 1. The van der Waals surface area contributed by atoms with Gasteiger partial charge in [0, 0.05) is 24.9 Å². The zero-order chi connectivity index (χ0) is 25.7. The molecule has 2 aliphatic rings. The van der Waals surface area contributed by atoms with E-state index in [0.717, 1.165) is 79.3 Å². The molecule has 1 amide bonds. The number of amides is 1. The molecule has 1 heterocycles. The summed E-state index contributed by atoms with van der Waals surface area (Å²) in [5, 5.41) is 18.9. The number of hydrogen-bond donors (Lipinski definition) is 4. The minimum atomic E-state index is -0.998. The van der Waals surface area contributed by atoms with Gasteiger partial charge in [-0.2, -0.15) is 0 Å². The van der Waals surface area contributed by atoms with E-state index < -0.39 is 11.4 Å². The fourth-order valence-corrected chi connectivity index (χ4v) is 5.49. The van der Waals surface area contributed by atoms with Gasteiger partial charge in [0.2, 0.25) is 5.91 Å². The van der Waals surface area contributed by atoms with Crippen molar-refractivity contribution in [3.8, 4) is 11.1 Å². The molecule has 0 bridgehead atoms. The summed E-state index contributed by atoms with van der Waals surface area (Å²) in [7, 11) is 0. The van der Waals surface area contributed by atoms with Gasteiger partial charge in [0.1, 0.15) is 0 Å². The zero-order valence-electron chi connectivity index (χ0n) is 20.9. The first-order valence-corrected chi connectivity index (χ1v) is 13.0. The van der Waals surface area contributed by atoms with Crippen molar-refractivity contribution in [3.05, 3.63) is 83.9 Å². The quantitative estimate of drug-likeness (QED) is 0.284. The molecule has 1 fully saturated rings. The van der Waals surface area contributed by atoms with Crippen LogP contribution >= 0.6 is 0 Å². The van der Waals surface area contributed by atoms with E-state index in [0.29, 0.717) is 12.1 Å². The maximum Gasteiger partial charge on any atom is 0.328 e. The van der Waals surface area contributed by atoms with Crippen molar-refractivity contribution in [2.24, 2.45) is 5.41 Å². The van der Waals surface area contributed by atoms with Crippen LogP contribution in [-0.2, 0) is 16.0 Å². The highest BCUT2D eigenvalue weighted by Gasteiger charge is 2.39. The van der Waals surface area contributed by atoms with E-state index in [1.165, 1.54) is 11.6 Å². The molecule has 0 aromatic heterocycles. The van der Waals surface area contributed by atoms with Crippen LogP contribution in [-0.4, -0.2) is 30.1 Å². The van der Waals surface area contributed by atoms with Crippen LogP contribution in [0.5, 0.6) is 0 Å². The standard InChI is InChI=1S/C31H33N3O3/c35-29(36)14-9-22-5-4-6-26(19-22)34-30(37)31(15-2-1-3-16-31)21-23-7-10-24(11-8-23)25-12-13-27-28(20-25)33-18-17-32-27/h4-14,19-20,32-33H,1-3,15-18,21H2,(H,34,37)(H,35,36)/b14-9+. The summed E-state index contributed by atoms with van der Waals surface area (Å²) < 4.78 is 0. The molecule has 3 aromatic carbocycles. The Morgan fingerprint density at radius 1 is 0.865 bits per heavy atom. The molecule has 0 spiro atoms. The van der Waals surface area contributed by atoms with E-state index >= 15 is 0 Å². The third-order valence-corrected chi connectivity index (χ3v) is 7.46. The Kier molecular flexibility index (Phi) is 7.26. The molecule has 0 saturated heterocycles. The summed E-state index contributed by atoms with van der Waals surface area (Å²) in [5.74, 6) is -0.953. The largest absolute Gasteiger partial charge is 0.478 e. The predicted octanol–water partition coefficient (Wildman–Crippen LogP) is 6.42. The van der Waals surface area contributed by atoms with E-state index in [1.54, 1.807) is 0 Å². The van der Waals surface area contributed by atoms with Crippen LogP contribution in [0.25, 0.3) is 17.2 Å². The number of carbonyl (C=O) groups is 2. The monoisotopic (exact) mass is 495 g/mol. The Balaban J connectivity index is 1.32. The van der Waals surface area contributed by atoms with E-state index in [1.807, 2.05) is 24.3 Å². The number of carboxylic acid groups (broad SMARTS) is 1. The lowest BCUT2D eigenvalue weighted by Gasteiger charge is -2.36. The molecule has 1 aliphatic carbocycles. The zero-order valence-corrected chi connectivity index (χ0v) is 20.9. The van der Waals surface area contributed by atoms with E-state index in [9.17, 15) is 9.59 Å². The number of nitrogens with one attached hydrogen (secondary N) is 3. The Labute approximate surface area is 217 Å².